The number of piperidine rings is 1. The van der Waals surface area contributed by atoms with Gasteiger partial charge in [0.05, 0.1) is 20.8 Å². The number of amides is 1. The van der Waals surface area contributed by atoms with Crippen LogP contribution in [0.15, 0.2) is 58.1 Å². The van der Waals surface area contributed by atoms with Crippen LogP contribution in [-0.4, -0.2) is 46.8 Å². The van der Waals surface area contributed by atoms with Gasteiger partial charge in [-0.15, -0.1) is 11.3 Å². The summed E-state index contributed by atoms with van der Waals surface area (Å²) in [6, 6.07) is 6.93. The van der Waals surface area contributed by atoms with Crippen molar-refractivity contribution in [3.05, 3.63) is 63.8 Å². The number of likely N-dealkylation sites (tertiary alicyclic amines) is 1. The van der Waals surface area contributed by atoms with Crippen molar-refractivity contribution in [3.8, 4) is 0 Å². The van der Waals surface area contributed by atoms with Crippen LogP contribution in [0.1, 0.15) is 37.3 Å². The van der Waals surface area contributed by atoms with Crippen LogP contribution in [0.25, 0.3) is 10.2 Å². The second kappa shape index (κ2) is 9.57. The summed E-state index contributed by atoms with van der Waals surface area (Å²) >= 11 is 2.68. The van der Waals surface area contributed by atoms with Gasteiger partial charge >= 0.3 is 0 Å². The predicted octanol–water partition coefficient (Wildman–Crippen LogP) is 3.70. The molecule has 2 N–H and O–H groups in total. The molecule has 34 heavy (non-hydrogen) atoms. The fourth-order valence-corrected chi connectivity index (χ4v) is 6.79. The molecule has 0 unspecified atom stereocenters. The number of hydrogen-bond acceptors (Lipinski definition) is 8. The lowest BCUT2D eigenvalue weighted by atomic mass is 9.89. The van der Waals surface area contributed by atoms with E-state index in [9.17, 15) is 18.3 Å². The topological polar surface area (TPSA) is 112 Å². The molecule has 4 rings (SSSR count). The lowest BCUT2D eigenvalue weighted by Gasteiger charge is -2.37. The number of nitrogens with zero attached hydrogens (tertiary/aromatic N) is 3. The zero-order valence-corrected chi connectivity index (χ0v) is 21.6. The number of thiazole rings is 1. The van der Waals surface area contributed by atoms with Gasteiger partial charge in [0.25, 0.3) is 10.0 Å². The monoisotopic (exact) mass is 518 g/mol. The smallest absolute Gasteiger partial charge is 0.263 e. The largest absolute Gasteiger partial charge is 0.384 e. The van der Waals surface area contributed by atoms with E-state index >= 15 is 0 Å². The van der Waals surface area contributed by atoms with Crippen molar-refractivity contribution < 1.29 is 18.3 Å². The first-order valence-electron chi connectivity index (χ1n) is 10.7. The number of aromatic nitrogens is 2. The number of benzene rings is 1. The van der Waals surface area contributed by atoms with Crippen LogP contribution in [0.5, 0.6) is 0 Å². The molecule has 1 saturated heterocycles. The Morgan fingerprint density at radius 3 is 2.65 bits per heavy atom. The van der Waals surface area contributed by atoms with E-state index in [0.29, 0.717) is 42.7 Å². The zero-order chi connectivity index (χ0) is 24.5. The molecular formula is C23H26N4O4S3. The summed E-state index contributed by atoms with van der Waals surface area (Å²) < 4.78 is 33.3. The van der Waals surface area contributed by atoms with Gasteiger partial charge in [0.15, 0.2) is 0 Å². The Morgan fingerprint density at radius 1 is 1.24 bits per heavy atom. The summed E-state index contributed by atoms with van der Waals surface area (Å²) in [5.41, 5.74) is 2.85. The van der Waals surface area contributed by atoms with Crippen LogP contribution < -0.4 is 4.72 Å². The minimum Gasteiger partial charge on any atom is -0.384 e. The average Bonchev–Trinajstić information content (AvgIpc) is 3.46. The Hall–Kier alpha value is -2.60. The Balaban J connectivity index is 1.40. The molecule has 1 aliphatic rings. The third-order valence-corrected chi connectivity index (χ3v) is 9.16. The summed E-state index contributed by atoms with van der Waals surface area (Å²) in [5, 5.41) is 11.0. The predicted molar refractivity (Wildman–Crippen MR) is 134 cm³/mol. The summed E-state index contributed by atoms with van der Waals surface area (Å²) in [6.45, 7) is 6.09. The number of aryl methyl sites for hydroxylation is 1. The third-order valence-electron chi connectivity index (χ3n) is 5.79. The average molecular weight is 519 g/mol. The first kappa shape index (κ1) is 24.5. The maximum Gasteiger partial charge on any atom is 0.263 e. The highest BCUT2D eigenvalue weighted by Crippen LogP contribution is 2.35. The zero-order valence-electron chi connectivity index (χ0n) is 19.1. The molecule has 180 valence electrons. The van der Waals surface area contributed by atoms with Crippen molar-refractivity contribution in [1.29, 1.82) is 0 Å². The molecule has 0 bridgehead atoms. The van der Waals surface area contributed by atoms with Crippen LogP contribution in [0.4, 0.5) is 0 Å². The van der Waals surface area contributed by atoms with E-state index in [0.717, 1.165) is 15.3 Å². The highest BCUT2D eigenvalue weighted by atomic mass is 32.2. The van der Waals surface area contributed by atoms with Gasteiger partial charge in [0, 0.05) is 24.4 Å². The number of para-hydroxylation sites is 1. The van der Waals surface area contributed by atoms with E-state index in [4.69, 9.17) is 0 Å². The minimum absolute atomic E-state index is 0.118. The van der Waals surface area contributed by atoms with E-state index in [1.54, 1.807) is 42.5 Å². The van der Waals surface area contributed by atoms with Gasteiger partial charge < -0.3 is 10.0 Å². The quantitative estimate of drug-likeness (QED) is 0.380. The van der Waals surface area contributed by atoms with E-state index in [1.165, 1.54) is 28.9 Å². The third kappa shape index (κ3) is 5.07. The van der Waals surface area contributed by atoms with Gasteiger partial charge in [-0.05, 0) is 69.4 Å². The van der Waals surface area contributed by atoms with E-state index in [1.807, 2.05) is 19.1 Å². The van der Waals surface area contributed by atoms with Gasteiger partial charge in [-0.25, -0.2) is 13.4 Å². The van der Waals surface area contributed by atoms with Crippen molar-refractivity contribution in [2.45, 2.75) is 44.1 Å². The molecule has 0 radical (unpaired) electrons. The molecule has 3 aromatic rings. The normalized spacial score (nSPS) is 17.2. The van der Waals surface area contributed by atoms with Crippen LogP contribution in [-0.2, 0) is 20.4 Å². The maximum atomic E-state index is 12.9. The number of hydrogen-bond donors (Lipinski definition) is 2. The lowest BCUT2D eigenvalue weighted by molar-refractivity contribution is -0.131. The van der Waals surface area contributed by atoms with Gasteiger partial charge in [-0.3, -0.25) is 9.52 Å². The molecule has 0 spiro atoms. The molecular weight excluding hydrogens is 492 g/mol. The maximum absolute atomic E-state index is 12.9. The first-order valence-corrected chi connectivity index (χ1v) is 13.9. The van der Waals surface area contributed by atoms with Crippen molar-refractivity contribution >= 4 is 49.0 Å². The van der Waals surface area contributed by atoms with Gasteiger partial charge in [-0.1, -0.05) is 12.1 Å². The SMILES string of the molecule is C/C(=C\C=C(/C)C(=O)N1CCC(O)(c2cc(C)ns2)CC1)NS(=O)(=O)c1cccc2scnc12. The van der Waals surface area contributed by atoms with Crippen LogP contribution in [0.2, 0.25) is 0 Å². The first-order chi connectivity index (χ1) is 16.1. The standard InChI is InChI=1S/C23H26N4O4S3/c1-15(22(28)27-11-9-23(29,10-12-27)20-13-17(3)25-33-20)7-8-16(2)26-34(30,31)19-6-4-5-18-21(19)24-14-32-18/h4-8,13-14,26,29H,9-12H2,1-3H3/b15-7+,16-8+. The fraction of sp³-hybridized carbons (Fsp3) is 0.348. The van der Waals surface area contributed by atoms with Crippen molar-refractivity contribution in [2.24, 2.45) is 0 Å². The van der Waals surface area contributed by atoms with Crippen molar-refractivity contribution in [1.82, 2.24) is 19.0 Å². The Kier molecular flexibility index (Phi) is 6.90. The molecule has 0 saturated carbocycles. The number of aliphatic hydroxyl groups is 1. The lowest BCUT2D eigenvalue weighted by Crippen LogP contribution is -2.45. The Bertz CT molecular complexity index is 1380. The van der Waals surface area contributed by atoms with Crippen molar-refractivity contribution in [3.63, 3.8) is 0 Å². The second-order valence-corrected chi connectivity index (χ2v) is 11.8. The Labute approximate surface area is 206 Å². The number of rotatable bonds is 6. The summed E-state index contributed by atoms with van der Waals surface area (Å²) in [4.78, 5) is 19.7. The van der Waals surface area contributed by atoms with E-state index in [-0.39, 0.29) is 10.8 Å². The van der Waals surface area contributed by atoms with Gasteiger partial charge in [0.1, 0.15) is 16.0 Å². The second-order valence-electron chi connectivity index (χ2n) is 8.42. The van der Waals surface area contributed by atoms with Crippen molar-refractivity contribution in [2.75, 3.05) is 13.1 Å². The molecule has 3 heterocycles. The van der Waals surface area contributed by atoms with E-state index < -0.39 is 15.6 Å². The number of fused-ring (bicyclic) bond motifs is 1. The highest BCUT2D eigenvalue weighted by molar-refractivity contribution is 7.89. The van der Waals surface area contributed by atoms with Crippen LogP contribution in [0.3, 0.4) is 0 Å². The summed E-state index contributed by atoms with van der Waals surface area (Å²) in [6.07, 6.45) is 4.08. The van der Waals surface area contributed by atoms with Crippen LogP contribution in [0, 0.1) is 6.92 Å². The number of allylic oxidation sites excluding steroid dienone is 3. The molecule has 1 amide bonds. The number of carbonyl (C=O) groups excluding carboxylic acids is 1. The highest BCUT2D eigenvalue weighted by Gasteiger charge is 2.37. The molecule has 2 aromatic heterocycles. The number of sulfonamides is 1. The minimum atomic E-state index is -3.81. The Morgan fingerprint density at radius 2 is 1.97 bits per heavy atom. The molecule has 1 fully saturated rings. The molecule has 0 aliphatic carbocycles. The fourth-order valence-electron chi connectivity index (χ4n) is 3.86. The van der Waals surface area contributed by atoms with Gasteiger partial charge in [0.2, 0.25) is 5.91 Å². The molecule has 0 atom stereocenters. The van der Waals surface area contributed by atoms with E-state index in [2.05, 4.69) is 14.1 Å². The van der Waals surface area contributed by atoms with Crippen LogP contribution >= 0.6 is 22.9 Å². The number of carbonyl (C=O) groups is 1. The van der Waals surface area contributed by atoms with Gasteiger partial charge in [-0.2, -0.15) is 4.37 Å². The molecule has 1 aromatic carbocycles. The number of nitrogens with one attached hydrogen (secondary N) is 1. The molecule has 1 aliphatic heterocycles. The molecule has 11 heteroatoms. The summed E-state index contributed by atoms with van der Waals surface area (Å²) in [7, 11) is -3.81. The summed E-state index contributed by atoms with van der Waals surface area (Å²) in [5.74, 6) is -0.137. The molecule has 8 nitrogen and oxygen atoms in total.